The molecule has 2 aromatic carbocycles. The number of carbonyl (C=O) groups excluding carboxylic acids is 1. The first kappa shape index (κ1) is 18.1. The van der Waals surface area contributed by atoms with Gasteiger partial charge in [-0.2, -0.15) is 0 Å². The molecule has 3 rings (SSSR count). The summed E-state index contributed by atoms with van der Waals surface area (Å²) in [6.45, 7) is 0.428. The Morgan fingerprint density at radius 3 is 2.48 bits per heavy atom. The largest absolute Gasteiger partial charge is 0.493 e. The van der Waals surface area contributed by atoms with E-state index in [1.165, 1.54) is 12.1 Å². The van der Waals surface area contributed by atoms with Gasteiger partial charge in [-0.05, 0) is 29.8 Å². The zero-order valence-corrected chi connectivity index (χ0v) is 16.2. The standard InChI is InChI=1S/C18H17BrFNO3S/c1-23-15-7-13(14(19)8-16(15)24-2)18-21(17(22)10-25-18)9-11-3-5-12(20)6-4-11/h3-8,18H,9-10H2,1-2H3. The van der Waals surface area contributed by atoms with Gasteiger partial charge in [-0.1, -0.05) is 28.1 Å². The second-order valence-corrected chi connectivity index (χ2v) is 7.46. The maximum atomic E-state index is 13.1. The third-order valence-corrected chi connectivity index (χ3v) is 5.93. The van der Waals surface area contributed by atoms with Gasteiger partial charge in [0.15, 0.2) is 11.5 Å². The zero-order chi connectivity index (χ0) is 18.0. The summed E-state index contributed by atoms with van der Waals surface area (Å²) >= 11 is 5.12. The van der Waals surface area contributed by atoms with Crippen LogP contribution >= 0.6 is 27.7 Å². The molecule has 1 amide bonds. The second kappa shape index (κ2) is 7.66. The Bertz CT molecular complexity index is 785. The molecule has 0 radical (unpaired) electrons. The highest BCUT2D eigenvalue weighted by Gasteiger charge is 2.34. The van der Waals surface area contributed by atoms with Gasteiger partial charge in [0, 0.05) is 16.6 Å². The maximum Gasteiger partial charge on any atom is 0.234 e. The highest BCUT2D eigenvalue weighted by molar-refractivity contribution is 9.10. The van der Waals surface area contributed by atoms with Crippen molar-refractivity contribution in [2.24, 2.45) is 0 Å². The molecule has 1 aliphatic rings. The molecule has 4 nitrogen and oxygen atoms in total. The van der Waals surface area contributed by atoms with E-state index in [4.69, 9.17) is 9.47 Å². The molecular formula is C18H17BrFNO3S. The number of benzene rings is 2. The van der Waals surface area contributed by atoms with Crippen molar-refractivity contribution in [3.63, 3.8) is 0 Å². The van der Waals surface area contributed by atoms with E-state index in [1.807, 2.05) is 12.1 Å². The Balaban J connectivity index is 1.92. The van der Waals surface area contributed by atoms with Crippen LogP contribution in [0.3, 0.4) is 0 Å². The van der Waals surface area contributed by atoms with Gasteiger partial charge in [-0.25, -0.2) is 4.39 Å². The number of amides is 1. The number of hydrogen-bond donors (Lipinski definition) is 0. The van der Waals surface area contributed by atoms with Crippen molar-refractivity contribution in [2.45, 2.75) is 11.9 Å². The summed E-state index contributed by atoms with van der Waals surface area (Å²) in [4.78, 5) is 14.2. The summed E-state index contributed by atoms with van der Waals surface area (Å²) in [5.41, 5.74) is 1.83. The lowest BCUT2D eigenvalue weighted by molar-refractivity contribution is -0.128. The summed E-state index contributed by atoms with van der Waals surface area (Å²) in [7, 11) is 3.16. The van der Waals surface area contributed by atoms with E-state index in [9.17, 15) is 9.18 Å². The summed E-state index contributed by atoms with van der Waals surface area (Å²) in [6, 6.07) is 9.94. The predicted octanol–water partition coefficient (Wildman–Crippen LogP) is 4.38. The number of methoxy groups -OCH3 is 2. The SMILES string of the molecule is COc1cc(Br)c(C2SCC(=O)N2Cc2ccc(F)cc2)cc1OC. The lowest BCUT2D eigenvalue weighted by Gasteiger charge is -2.26. The fourth-order valence-electron chi connectivity index (χ4n) is 2.73. The smallest absolute Gasteiger partial charge is 0.234 e. The number of carbonyl (C=O) groups is 1. The molecule has 1 heterocycles. The fraction of sp³-hybridized carbons (Fsp3) is 0.278. The van der Waals surface area contributed by atoms with Crippen LogP contribution in [0.1, 0.15) is 16.5 Å². The zero-order valence-electron chi connectivity index (χ0n) is 13.8. The van der Waals surface area contributed by atoms with Crippen molar-refractivity contribution in [3.8, 4) is 11.5 Å². The van der Waals surface area contributed by atoms with Gasteiger partial charge >= 0.3 is 0 Å². The molecule has 0 bridgehead atoms. The Labute approximate surface area is 158 Å². The fourth-order valence-corrected chi connectivity index (χ4v) is 4.63. The molecule has 7 heteroatoms. The number of halogens is 2. The van der Waals surface area contributed by atoms with E-state index >= 15 is 0 Å². The third kappa shape index (κ3) is 3.77. The van der Waals surface area contributed by atoms with E-state index in [-0.39, 0.29) is 17.1 Å². The van der Waals surface area contributed by atoms with E-state index in [1.54, 1.807) is 43.0 Å². The van der Waals surface area contributed by atoms with Crippen molar-refractivity contribution >= 4 is 33.6 Å². The Morgan fingerprint density at radius 1 is 1.20 bits per heavy atom. The van der Waals surface area contributed by atoms with E-state index in [0.29, 0.717) is 23.8 Å². The van der Waals surface area contributed by atoms with Crippen molar-refractivity contribution in [3.05, 3.63) is 57.8 Å². The molecule has 0 aromatic heterocycles. The Kier molecular flexibility index (Phi) is 5.54. The lowest BCUT2D eigenvalue weighted by atomic mass is 10.1. The first-order chi connectivity index (χ1) is 12.0. The van der Waals surface area contributed by atoms with Crippen LogP contribution in [0.25, 0.3) is 0 Å². The van der Waals surface area contributed by atoms with Gasteiger partial charge in [0.2, 0.25) is 5.91 Å². The molecule has 0 aliphatic carbocycles. The highest BCUT2D eigenvalue weighted by Crippen LogP contribution is 2.45. The van der Waals surface area contributed by atoms with Crippen LogP contribution in [0, 0.1) is 5.82 Å². The van der Waals surface area contributed by atoms with Crippen LogP contribution in [0.15, 0.2) is 40.9 Å². The highest BCUT2D eigenvalue weighted by atomic mass is 79.9. The van der Waals surface area contributed by atoms with Crippen LogP contribution < -0.4 is 9.47 Å². The summed E-state index contributed by atoms with van der Waals surface area (Å²) < 4.78 is 24.7. The summed E-state index contributed by atoms with van der Waals surface area (Å²) in [6.07, 6.45) is 0. The van der Waals surface area contributed by atoms with Crippen LogP contribution in [-0.4, -0.2) is 30.8 Å². The first-order valence-corrected chi connectivity index (χ1v) is 9.44. The van der Waals surface area contributed by atoms with Gasteiger partial charge < -0.3 is 14.4 Å². The third-order valence-electron chi connectivity index (χ3n) is 4.00. The van der Waals surface area contributed by atoms with Gasteiger partial charge in [0.25, 0.3) is 0 Å². The average molecular weight is 426 g/mol. The normalized spacial score (nSPS) is 17.0. The minimum absolute atomic E-state index is 0.0565. The van der Waals surface area contributed by atoms with Crippen LogP contribution in [0.4, 0.5) is 4.39 Å². The maximum absolute atomic E-state index is 13.1. The molecule has 2 aromatic rings. The minimum Gasteiger partial charge on any atom is -0.493 e. The predicted molar refractivity (Wildman–Crippen MR) is 99.4 cm³/mol. The van der Waals surface area contributed by atoms with Gasteiger partial charge in [-0.3, -0.25) is 4.79 Å². The summed E-state index contributed by atoms with van der Waals surface area (Å²) in [5, 5.41) is -0.147. The number of thioether (sulfide) groups is 1. The first-order valence-electron chi connectivity index (χ1n) is 7.60. The van der Waals surface area contributed by atoms with Crippen LogP contribution in [0.2, 0.25) is 0 Å². The molecule has 25 heavy (non-hydrogen) atoms. The Morgan fingerprint density at radius 2 is 1.84 bits per heavy atom. The van der Waals surface area contributed by atoms with Gasteiger partial charge in [-0.15, -0.1) is 11.8 Å². The quantitative estimate of drug-likeness (QED) is 0.712. The average Bonchev–Trinajstić information content (AvgIpc) is 2.97. The van der Waals surface area contributed by atoms with E-state index < -0.39 is 0 Å². The number of hydrogen-bond acceptors (Lipinski definition) is 4. The second-order valence-electron chi connectivity index (χ2n) is 5.54. The molecule has 132 valence electrons. The summed E-state index contributed by atoms with van der Waals surface area (Å²) in [5.74, 6) is 1.41. The number of rotatable bonds is 5. The molecule has 1 fully saturated rings. The molecule has 1 saturated heterocycles. The van der Waals surface area contributed by atoms with E-state index in [2.05, 4.69) is 15.9 Å². The number of ether oxygens (including phenoxy) is 2. The lowest BCUT2D eigenvalue weighted by Crippen LogP contribution is -2.27. The van der Waals surface area contributed by atoms with Crippen LogP contribution in [-0.2, 0) is 11.3 Å². The van der Waals surface area contributed by atoms with Crippen molar-refractivity contribution in [1.29, 1.82) is 0 Å². The molecule has 1 unspecified atom stereocenters. The van der Waals surface area contributed by atoms with Crippen molar-refractivity contribution in [1.82, 2.24) is 4.90 Å². The molecule has 1 atom stereocenters. The van der Waals surface area contributed by atoms with Crippen LogP contribution in [0.5, 0.6) is 11.5 Å². The monoisotopic (exact) mass is 425 g/mol. The minimum atomic E-state index is -0.287. The van der Waals surface area contributed by atoms with Crippen molar-refractivity contribution < 1.29 is 18.7 Å². The number of nitrogens with zero attached hydrogens (tertiary/aromatic N) is 1. The molecule has 1 aliphatic heterocycles. The molecule has 0 saturated carbocycles. The van der Waals surface area contributed by atoms with Gasteiger partial charge in [0.1, 0.15) is 11.2 Å². The molecule has 0 spiro atoms. The van der Waals surface area contributed by atoms with Crippen molar-refractivity contribution in [2.75, 3.05) is 20.0 Å². The Hall–Kier alpha value is -1.73. The van der Waals surface area contributed by atoms with Gasteiger partial charge in [0.05, 0.1) is 20.0 Å². The van der Waals surface area contributed by atoms with E-state index in [0.717, 1.165) is 15.6 Å². The molecule has 0 N–H and O–H groups in total. The topological polar surface area (TPSA) is 38.8 Å². The molecular weight excluding hydrogens is 409 g/mol.